The van der Waals surface area contributed by atoms with Crippen molar-refractivity contribution in [2.75, 3.05) is 33.5 Å². The van der Waals surface area contributed by atoms with E-state index in [9.17, 15) is 0 Å². The van der Waals surface area contributed by atoms with Gasteiger partial charge < -0.3 is 18.9 Å². The standard InChI is InChI=1S/C16H30O4/c1-17-11-5-3-2-4-6-12-18-15-8-10-16(14-19-15)9-7-13-20-16/h15H,2-14H2,1H3. The Hall–Kier alpha value is -0.160. The van der Waals surface area contributed by atoms with Gasteiger partial charge in [-0.1, -0.05) is 19.3 Å². The van der Waals surface area contributed by atoms with Gasteiger partial charge in [-0.25, -0.2) is 0 Å². The molecule has 2 unspecified atom stereocenters. The number of rotatable bonds is 9. The molecule has 0 aromatic heterocycles. The summed E-state index contributed by atoms with van der Waals surface area (Å²) in [4.78, 5) is 0. The zero-order valence-corrected chi connectivity index (χ0v) is 12.9. The minimum Gasteiger partial charge on any atom is -0.385 e. The molecule has 2 rings (SSSR count). The van der Waals surface area contributed by atoms with E-state index < -0.39 is 0 Å². The van der Waals surface area contributed by atoms with E-state index in [1.165, 1.54) is 32.1 Å². The first-order valence-electron chi connectivity index (χ1n) is 8.21. The molecule has 0 amide bonds. The fourth-order valence-electron chi connectivity index (χ4n) is 3.07. The minimum absolute atomic E-state index is 0.00156. The van der Waals surface area contributed by atoms with Gasteiger partial charge in [0.15, 0.2) is 6.29 Å². The highest BCUT2D eigenvalue weighted by atomic mass is 16.7. The number of unbranched alkanes of at least 4 members (excludes halogenated alkanes) is 4. The SMILES string of the molecule is COCCCCCCCOC1CCC2(CCCO2)CO1. The summed E-state index contributed by atoms with van der Waals surface area (Å²) < 4.78 is 22.5. The van der Waals surface area contributed by atoms with Gasteiger partial charge in [0.2, 0.25) is 0 Å². The van der Waals surface area contributed by atoms with Gasteiger partial charge in [-0.05, 0) is 32.1 Å². The lowest BCUT2D eigenvalue weighted by Crippen LogP contribution is -2.42. The second-order valence-electron chi connectivity index (χ2n) is 6.05. The lowest BCUT2D eigenvalue weighted by atomic mass is 9.93. The smallest absolute Gasteiger partial charge is 0.157 e. The van der Waals surface area contributed by atoms with Gasteiger partial charge in [0.05, 0.1) is 12.2 Å². The molecule has 0 aromatic carbocycles. The van der Waals surface area contributed by atoms with Crippen LogP contribution in [-0.4, -0.2) is 45.4 Å². The van der Waals surface area contributed by atoms with Crippen molar-refractivity contribution >= 4 is 0 Å². The van der Waals surface area contributed by atoms with Crippen molar-refractivity contribution in [1.29, 1.82) is 0 Å². The van der Waals surface area contributed by atoms with Gasteiger partial charge in [-0.2, -0.15) is 0 Å². The second-order valence-corrected chi connectivity index (χ2v) is 6.05. The molecule has 2 atom stereocenters. The van der Waals surface area contributed by atoms with E-state index in [2.05, 4.69) is 0 Å². The molecule has 2 heterocycles. The maximum Gasteiger partial charge on any atom is 0.157 e. The van der Waals surface area contributed by atoms with Gasteiger partial charge >= 0.3 is 0 Å². The minimum atomic E-state index is -0.00156. The predicted molar refractivity (Wildman–Crippen MR) is 77.8 cm³/mol. The first kappa shape index (κ1) is 16.2. The Morgan fingerprint density at radius 3 is 2.50 bits per heavy atom. The van der Waals surface area contributed by atoms with E-state index >= 15 is 0 Å². The summed E-state index contributed by atoms with van der Waals surface area (Å²) in [6, 6.07) is 0. The molecule has 2 saturated heterocycles. The molecule has 2 aliphatic heterocycles. The average molecular weight is 286 g/mol. The van der Waals surface area contributed by atoms with Gasteiger partial charge in [-0.15, -0.1) is 0 Å². The van der Waals surface area contributed by atoms with Crippen molar-refractivity contribution in [3.8, 4) is 0 Å². The van der Waals surface area contributed by atoms with Crippen LogP contribution in [0.2, 0.25) is 0 Å². The number of ether oxygens (including phenoxy) is 4. The maximum atomic E-state index is 5.83. The molecule has 118 valence electrons. The molecule has 0 aliphatic carbocycles. The molecule has 1 spiro atoms. The van der Waals surface area contributed by atoms with Crippen LogP contribution in [0.3, 0.4) is 0 Å². The number of methoxy groups -OCH3 is 1. The Morgan fingerprint density at radius 1 is 1.05 bits per heavy atom. The van der Waals surface area contributed by atoms with E-state index in [0.717, 1.165) is 45.5 Å². The lowest BCUT2D eigenvalue weighted by molar-refractivity contribution is -0.216. The molecule has 0 aromatic rings. The molecule has 2 fully saturated rings. The van der Waals surface area contributed by atoms with Gasteiger partial charge in [0.1, 0.15) is 0 Å². The van der Waals surface area contributed by atoms with Crippen LogP contribution in [0.5, 0.6) is 0 Å². The van der Waals surface area contributed by atoms with Gasteiger partial charge in [0, 0.05) is 33.4 Å². The number of hydrogen-bond acceptors (Lipinski definition) is 4. The Balaban J connectivity index is 1.43. The molecule has 0 saturated carbocycles. The zero-order chi connectivity index (χ0) is 14.1. The first-order chi connectivity index (χ1) is 9.85. The van der Waals surface area contributed by atoms with E-state index in [1.807, 2.05) is 0 Å². The molecule has 4 heteroatoms. The van der Waals surface area contributed by atoms with E-state index in [4.69, 9.17) is 18.9 Å². The number of hydrogen-bond donors (Lipinski definition) is 0. The van der Waals surface area contributed by atoms with Crippen LogP contribution in [0.25, 0.3) is 0 Å². The summed E-state index contributed by atoms with van der Waals surface area (Å²) in [6.07, 6.45) is 10.5. The Labute approximate surface area is 123 Å². The third-order valence-electron chi connectivity index (χ3n) is 4.35. The molecule has 0 radical (unpaired) electrons. The van der Waals surface area contributed by atoms with Crippen molar-refractivity contribution in [3.63, 3.8) is 0 Å². The van der Waals surface area contributed by atoms with Crippen LogP contribution >= 0.6 is 0 Å². The molecular weight excluding hydrogens is 256 g/mol. The van der Waals surface area contributed by atoms with Gasteiger partial charge in [-0.3, -0.25) is 0 Å². The highest BCUT2D eigenvalue weighted by molar-refractivity contribution is 4.87. The van der Waals surface area contributed by atoms with Crippen LogP contribution in [0.1, 0.15) is 57.8 Å². The lowest BCUT2D eigenvalue weighted by Gasteiger charge is -2.36. The van der Waals surface area contributed by atoms with Gasteiger partial charge in [0.25, 0.3) is 0 Å². The largest absolute Gasteiger partial charge is 0.385 e. The zero-order valence-electron chi connectivity index (χ0n) is 12.9. The van der Waals surface area contributed by atoms with Crippen molar-refractivity contribution in [1.82, 2.24) is 0 Å². The first-order valence-corrected chi connectivity index (χ1v) is 8.21. The highest BCUT2D eigenvalue weighted by Gasteiger charge is 2.39. The topological polar surface area (TPSA) is 36.9 Å². The predicted octanol–water partition coefficient (Wildman–Crippen LogP) is 3.29. The van der Waals surface area contributed by atoms with Crippen LogP contribution in [-0.2, 0) is 18.9 Å². The van der Waals surface area contributed by atoms with Crippen LogP contribution in [0.4, 0.5) is 0 Å². The molecule has 0 bridgehead atoms. The fourth-order valence-corrected chi connectivity index (χ4v) is 3.07. The summed E-state index contributed by atoms with van der Waals surface area (Å²) in [5.41, 5.74) is 0.0290. The normalized spacial score (nSPS) is 30.1. The van der Waals surface area contributed by atoms with Crippen LogP contribution in [0.15, 0.2) is 0 Å². The quantitative estimate of drug-likeness (QED) is 0.610. The second kappa shape index (κ2) is 8.98. The fraction of sp³-hybridized carbons (Fsp3) is 1.00. The molecule has 2 aliphatic rings. The van der Waals surface area contributed by atoms with Crippen LogP contribution < -0.4 is 0 Å². The average Bonchev–Trinajstić information content (AvgIpc) is 2.92. The molecular formula is C16H30O4. The summed E-state index contributed by atoms with van der Waals surface area (Å²) in [6.45, 7) is 3.33. The summed E-state index contributed by atoms with van der Waals surface area (Å²) in [7, 11) is 1.76. The van der Waals surface area contributed by atoms with Crippen LogP contribution in [0, 0.1) is 0 Å². The monoisotopic (exact) mass is 286 g/mol. The molecule has 0 N–H and O–H groups in total. The Bertz CT molecular complexity index is 241. The summed E-state index contributed by atoms with van der Waals surface area (Å²) >= 11 is 0. The van der Waals surface area contributed by atoms with E-state index in [1.54, 1.807) is 7.11 Å². The summed E-state index contributed by atoms with van der Waals surface area (Å²) in [5, 5.41) is 0. The van der Waals surface area contributed by atoms with E-state index in [0.29, 0.717) is 6.61 Å². The molecule has 4 nitrogen and oxygen atoms in total. The Kier molecular flexibility index (Phi) is 7.28. The third-order valence-corrected chi connectivity index (χ3v) is 4.35. The molecule has 20 heavy (non-hydrogen) atoms. The highest BCUT2D eigenvalue weighted by Crippen LogP contribution is 2.35. The van der Waals surface area contributed by atoms with Crippen molar-refractivity contribution in [2.45, 2.75) is 69.7 Å². The van der Waals surface area contributed by atoms with E-state index in [-0.39, 0.29) is 11.9 Å². The van der Waals surface area contributed by atoms with Crippen molar-refractivity contribution < 1.29 is 18.9 Å². The third kappa shape index (κ3) is 5.32. The Morgan fingerprint density at radius 2 is 1.85 bits per heavy atom. The maximum absolute atomic E-state index is 5.83. The summed E-state index contributed by atoms with van der Waals surface area (Å²) in [5.74, 6) is 0. The van der Waals surface area contributed by atoms with Crippen molar-refractivity contribution in [3.05, 3.63) is 0 Å². The van der Waals surface area contributed by atoms with Crippen molar-refractivity contribution in [2.24, 2.45) is 0 Å².